The van der Waals surface area contributed by atoms with E-state index in [1.807, 2.05) is 18.2 Å². The Morgan fingerprint density at radius 2 is 1.00 bits per heavy atom. The summed E-state index contributed by atoms with van der Waals surface area (Å²) in [6.07, 6.45) is 0. The highest BCUT2D eigenvalue weighted by molar-refractivity contribution is 6.13. The molecule has 5 heteroatoms. The summed E-state index contributed by atoms with van der Waals surface area (Å²) < 4.78 is 4.62. The number of rotatable bonds is 4. The Morgan fingerprint density at radius 3 is 1.72 bits per heavy atom. The minimum Gasteiger partial charge on any atom is -0.309 e. The van der Waals surface area contributed by atoms with Gasteiger partial charge in [0.25, 0.3) is 0 Å². The lowest BCUT2D eigenvalue weighted by Gasteiger charge is -2.23. The molecule has 0 amide bonds. The second-order valence-corrected chi connectivity index (χ2v) is 14.5. The van der Waals surface area contributed by atoms with Gasteiger partial charge >= 0.3 is 0 Å². The van der Waals surface area contributed by atoms with E-state index in [0.29, 0.717) is 17.6 Å². The number of nitrogens with zero attached hydrogens (tertiary/aromatic N) is 5. The predicted octanol–water partition coefficient (Wildman–Crippen LogP) is 11.7. The molecule has 5 nitrogen and oxygen atoms in total. The van der Waals surface area contributed by atoms with Crippen LogP contribution in [0.25, 0.3) is 89.2 Å². The topological polar surface area (TPSA) is 48.5 Å². The highest BCUT2D eigenvalue weighted by atomic mass is 15.2. The molecule has 0 bridgehead atoms. The third kappa shape index (κ3) is 4.28. The fourth-order valence-electron chi connectivity index (χ4n) is 8.82. The number of hydrogen-bond donors (Lipinski definition) is 0. The average molecular weight is 680 g/mol. The second-order valence-electron chi connectivity index (χ2n) is 14.5. The van der Waals surface area contributed by atoms with Crippen molar-refractivity contribution >= 4 is 43.6 Å². The van der Waals surface area contributed by atoms with E-state index in [2.05, 4.69) is 169 Å². The van der Waals surface area contributed by atoms with E-state index < -0.39 is 0 Å². The maximum Gasteiger partial charge on any atom is 0.238 e. The van der Waals surface area contributed by atoms with Gasteiger partial charge in [-0.25, -0.2) is 4.98 Å². The first kappa shape index (κ1) is 29.8. The lowest BCUT2D eigenvalue weighted by molar-refractivity contribution is 0.663. The number of para-hydroxylation sites is 3. The number of benzene rings is 7. The molecule has 0 fully saturated rings. The molecule has 1 aliphatic carbocycles. The molecule has 0 atom stereocenters. The Kier molecular flexibility index (Phi) is 6.23. The maximum atomic E-state index is 5.37. The quantitative estimate of drug-likeness (QED) is 0.186. The van der Waals surface area contributed by atoms with Crippen LogP contribution in [0.4, 0.5) is 0 Å². The molecule has 0 saturated heterocycles. The Labute approximate surface area is 306 Å². The van der Waals surface area contributed by atoms with Crippen LogP contribution in [0.15, 0.2) is 164 Å². The van der Waals surface area contributed by atoms with Crippen LogP contribution in [0.1, 0.15) is 25.0 Å². The summed E-state index contributed by atoms with van der Waals surface area (Å²) in [7, 11) is 0. The molecular formula is C48H33N5. The molecule has 3 aromatic heterocycles. The molecule has 10 aromatic rings. The van der Waals surface area contributed by atoms with Crippen molar-refractivity contribution < 1.29 is 0 Å². The predicted molar refractivity (Wildman–Crippen MR) is 217 cm³/mol. The SMILES string of the molecule is CC1(C)c2ccccc2-c2ccc3c4ccccc4n(-c4nc(-c5ccccc5)nc(-c5cccc(-n6c7ccccc7c7ccccc76)c5)n4)c3c21. The molecule has 250 valence electrons. The maximum absolute atomic E-state index is 5.37. The molecule has 3 heterocycles. The third-order valence-electron chi connectivity index (χ3n) is 11.2. The van der Waals surface area contributed by atoms with Crippen LogP contribution in [0.2, 0.25) is 0 Å². The fraction of sp³-hybridized carbons (Fsp3) is 0.0625. The first-order valence-electron chi connectivity index (χ1n) is 18.1. The first-order chi connectivity index (χ1) is 26.1. The van der Waals surface area contributed by atoms with E-state index in [9.17, 15) is 0 Å². The molecule has 0 aliphatic heterocycles. The van der Waals surface area contributed by atoms with E-state index in [1.165, 1.54) is 43.8 Å². The summed E-state index contributed by atoms with van der Waals surface area (Å²) in [6.45, 7) is 4.68. The first-order valence-corrected chi connectivity index (χ1v) is 18.1. The van der Waals surface area contributed by atoms with E-state index >= 15 is 0 Å². The van der Waals surface area contributed by atoms with E-state index in [4.69, 9.17) is 15.0 Å². The standard InChI is InChI=1S/C48H33N5/c1-48(2)39-23-10-6-19-33(39)37-27-28-38-36-22-9-13-26-42(36)53(44(38)43(37)48)47-50-45(30-15-4-3-5-16-30)49-46(51-47)31-17-14-18-32(29-31)52-40-24-11-7-20-34(40)35-21-8-12-25-41(35)52/h3-29H,1-2H3. The average Bonchev–Trinajstić information content (AvgIpc) is 3.81. The van der Waals surface area contributed by atoms with Gasteiger partial charge in [-0.1, -0.05) is 147 Å². The molecule has 0 N–H and O–H groups in total. The van der Waals surface area contributed by atoms with Crippen molar-refractivity contribution in [2.24, 2.45) is 0 Å². The van der Waals surface area contributed by atoms with Gasteiger partial charge in [0.2, 0.25) is 5.95 Å². The minimum absolute atomic E-state index is 0.230. The van der Waals surface area contributed by atoms with Gasteiger partial charge in [-0.2, -0.15) is 9.97 Å². The van der Waals surface area contributed by atoms with Crippen molar-refractivity contribution in [2.45, 2.75) is 19.3 Å². The number of aromatic nitrogens is 5. The van der Waals surface area contributed by atoms with E-state index in [0.717, 1.165) is 38.9 Å². The molecule has 53 heavy (non-hydrogen) atoms. The Balaban J connectivity index is 1.20. The lowest BCUT2D eigenvalue weighted by atomic mass is 9.81. The van der Waals surface area contributed by atoms with Gasteiger partial charge in [0.15, 0.2) is 11.6 Å². The highest BCUT2D eigenvalue weighted by Crippen LogP contribution is 2.52. The van der Waals surface area contributed by atoms with Gasteiger partial charge in [-0.3, -0.25) is 4.57 Å². The lowest BCUT2D eigenvalue weighted by Crippen LogP contribution is -2.17. The van der Waals surface area contributed by atoms with Gasteiger partial charge in [-0.05, 0) is 52.6 Å². The molecule has 0 radical (unpaired) electrons. The van der Waals surface area contributed by atoms with Gasteiger partial charge < -0.3 is 4.57 Å². The van der Waals surface area contributed by atoms with Crippen LogP contribution < -0.4 is 0 Å². The molecule has 0 unspecified atom stereocenters. The van der Waals surface area contributed by atoms with Crippen LogP contribution in [0.3, 0.4) is 0 Å². The molecule has 11 rings (SSSR count). The smallest absolute Gasteiger partial charge is 0.238 e. The van der Waals surface area contributed by atoms with Crippen molar-refractivity contribution in [3.8, 4) is 45.5 Å². The van der Waals surface area contributed by atoms with Gasteiger partial charge in [0.1, 0.15) is 0 Å². The normalized spacial score (nSPS) is 13.2. The molecule has 0 spiro atoms. The van der Waals surface area contributed by atoms with Crippen LogP contribution in [0.5, 0.6) is 0 Å². The van der Waals surface area contributed by atoms with E-state index in [-0.39, 0.29) is 5.41 Å². The molecule has 7 aromatic carbocycles. The third-order valence-corrected chi connectivity index (χ3v) is 11.2. The Hall–Kier alpha value is -6.85. The fourth-order valence-corrected chi connectivity index (χ4v) is 8.82. The summed E-state index contributed by atoms with van der Waals surface area (Å²) in [4.78, 5) is 15.8. The summed E-state index contributed by atoms with van der Waals surface area (Å²) >= 11 is 0. The van der Waals surface area contributed by atoms with Crippen LogP contribution in [-0.2, 0) is 5.41 Å². The van der Waals surface area contributed by atoms with Crippen LogP contribution >= 0.6 is 0 Å². The highest BCUT2D eigenvalue weighted by Gasteiger charge is 2.38. The number of hydrogen-bond acceptors (Lipinski definition) is 3. The summed E-state index contributed by atoms with van der Waals surface area (Å²) in [6, 6.07) is 58.0. The largest absolute Gasteiger partial charge is 0.309 e. The number of fused-ring (bicyclic) bond motifs is 10. The zero-order valence-electron chi connectivity index (χ0n) is 29.3. The molecule has 0 saturated carbocycles. The van der Waals surface area contributed by atoms with Crippen LogP contribution in [-0.4, -0.2) is 24.1 Å². The molecule has 1 aliphatic rings. The van der Waals surface area contributed by atoms with Gasteiger partial charge in [0.05, 0.1) is 22.1 Å². The minimum atomic E-state index is -0.230. The Morgan fingerprint density at radius 1 is 0.434 bits per heavy atom. The zero-order valence-corrected chi connectivity index (χ0v) is 29.3. The van der Waals surface area contributed by atoms with Crippen molar-refractivity contribution in [2.75, 3.05) is 0 Å². The summed E-state index contributed by atoms with van der Waals surface area (Å²) in [5.41, 5.74) is 12.4. The zero-order chi connectivity index (χ0) is 35.3. The summed E-state index contributed by atoms with van der Waals surface area (Å²) in [5.74, 6) is 1.86. The van der Waals surface area contributed by atoms with Crippen molar-refractivity contribution in [3.05, 3.63) is 175 Å². The summed E-state index contributed by atoms with van der Waals surface area (Å²) in [5, 5.41) is 4.82. The van der Waals surface area contributed by atoms with Crippen LogP contribution in [0, 0.1) is 0 Å². The monoisotopic (exact) mass is 679 g/mol. The van der Waals surface area contributed by atoms with Gasteiger partial charge in [0, 0.05) is 43.8 Å². The Bertz CT molecular complexity index is 3040. The second kappa shape index (κ2) is 11.1. The van der Waals surface area contributed by atoms with Crippen molar-refractivity contribution in [3.63, 3.8) is 0 Å². The molecular weight excluding hydrogens is 647 g/mol. The van der Waals surface area contributed by atoms with Gasteiger partial charge in [-0.15, -0.1) is 0 Å². The van der Waals surface area contributed by atoms with Crippen molar-refractivity contribution in [1.82, 2.24) is 24.1 Å². The van der Waals surface area contributed by atoms with E-state index in [1.54, 1.807) is 0 Å². The van der Waals surface area contributed by atoms with Crippen molar-refractivity contribution in [1.29, 1.82) is 0 Å².